The molecular formula is C5H8BN3O2. The fourth-order valence-corrected chi connectivity index (χ4v) is 1.03. The van der Waals surface area contributed by atoms with E-state index in [0.29, 0.717) is 6.42 Å². The molecule has 0 aromatic carbocycles. The van der Waals surface area contributed by atoms with Crippen LogP contribution in [0.25, 0.3) is 10.4 Å². The molecule has 0 N–H and O–H groups in total. The third-order valence-corrected chi connectivity index (χ3v) is 1.57. The Morgan fingerprint density at radius 2 is 2.55 bits per heavy atom. The van der Waals surface area contributed by atoms with E-state index in [9.17, 15) is 0 Å². The van der Waals surface area contributed by atoms with Crippen LogP contribution in [0.2, 0.25) is 0 Å². The van der Waals surface area contributed by atoms with Gasteiger partial charge < -0.3 is 9.47 Å². The normalized spacial score (nSPS) is 36.6. The second-order valence-corrected chi connectivity index (χ2v) is 2.28. The average molecular weight is 153 g/mol. The van der Waals surface area contributed by atoms with Crippen LogP contribution in [-0.4, -0.2) is 33.3 Å². The highest BCUT2D eigenvalue weighted by Gasteiger charge is 2.31. The Bertz CT molecular complexity index is 183. The molecule has 1 rings (SSSR count). The number of ether oxygens (including phenoxy) is 2. The third kappa shape index (κ3) is 1.86. The molecule has 0 saturated carbocycles. The summed E-state index contributed by atoms with van der Waals surface area (Å²) in [5.41, 5.74) is 8.11. The minimum absolute atomic E-state index is 0.208. The predicted octanol–water partition coefficient (Wildman–Crippen LogP) is 0.553. The number of azide groups is 1. The highest BCUT2D eigenvalue weighted by atomic mass is 16.6. The van der Waals surface area contributed by atoms with E-state index >= 15 is 0 Å². The summed E-state index contributed by atoms with van der Waals surface area (Å²) in [5, 5.41) is 3.38. The van der Waals surface area contributed by atoms with Crippen LogP contribution in [0.5, 0.6) is 0 Å². The molecule has 0 aromatic heterocycles. The monoisotopic (exact) mass is 153 g/mol. The Kier molecular flexibility index (Phi) is 2.76. The maximum atomic E-state index is 8.11. The first-order valence-corrected chi connectivity index (χ1v) is 3.26. The fourth-order valence-electron chi connectivity index (χ4n) is 1.03. The van der Waals surface area contributed by atoms with E-state index in [1.165, 1.54) is 7.11 Å². The van der Waals surface area contributed by atoms with Gasteiger partial charge in [-0.1, -0.05) is 5.11 Å². The number of methoxy groups -OCH3 is 1. The van der Waals surface area contributed by atoms with Crippen molar-refractivity contribution < 1.29 is 9.47 Å². The van der Waals surface area contributed by atoms with Gasteiger partial charge in [0.15, 0.2) is 6.23 Å². The lowest BCUT2D eigenvalue weighted by atomic mass is 9.96. The van der Waals surface area contributed by atoms with Gasteiger partial charge in [-0.15, -0.1) is 0 Å². The van der Waals surface area contributed by atoms with Crippen LogP contribution in [-0.2, 0) is 9.47 Å². The molecule has 3 atom stereocenters. The summed E-state index contributed by atoms with van der Waals surface area (Å²) in [5.74, 6) is 0. The van der Waals surface area contributed by atoms with Crippen molar-refractivity contribution in [1.29, 1.82) is 0 Å². The summed E-state index contributed by atoms with van der Waals surface area (Å²) in [6.07, 6.45) is -0.207. The first-order valence-electron chi connectivity index (χ1n) is 3.26. The van der Waals surface area contributed by atoms with E-state index in [4.69, 9.17) is 22.9 Å². The zero-order chi connectivity index (χ0) is 8.27. The summed E-state index contributed by atoms with van der Waals surface area (Å²) in [7, 11) is 6.97. The maximum absolute atomic E-state index is 8.11. The van der Waals surface area contributed by atoms with Gasteiger partial charge in [0.1, 0.15) is 7.85 Å². The quantitative estimate of drug-likeness (QED) is 0.251. The van der Waals surface area contributed by atoms with Gasteiger partial charge in [0.05, 0.1) is 6.10 Å². The van der Waals surface area contributed by atoms with Gasteiger partial charge in [-0.3, -0.25) is 0 Å². The molecule has 0 bridgehead atoms. The Morgan fingerprint density at radius 3 is 3.09 bits per heavy atom. The van der Waals surface area contributed by atoms with Crippen LogP contribution in [0.1, 0.15) is 6.42 Å². The summed E-state index contributed by atoms with van der Waals surface area (Å²) in [6, 6.07) is -0.379. The van der Waals surface area contributed by atoms with Crippen molar-refractivity contribution in [2.45, 2.75) is 24.8 Å². The highest BCUT2D eigenvalue weighted by molar-refractivity contribution is 6.11. The Hall–Kier alpha value is -0.705. The summed E-state index contributed by atoms with van der Waals surface area (Å²) >= 11 is 0. The standard InChI is InChI=1S/C5H8BN3O2/c1-10-3-2-4(6)11-5(3)8-9-7/h3-5H,2H2,1H3/t3?,4-,5+/m1/s1. The number of rotatable bonds is 2. The first-order chi connectivity index (χ1) is 5.27. The van der Waals surface area contributed by atoms with Crippen LogP contribution in [0.3, 0.4) is 0 Å². The van der Waals surface area contributed by atoms with Gasteiger partial charge in [-0.2, -0.15) is 0 Å². The molecule has 1 aliphatic heterocycles. The lowest BCUT2D eigenvalue weighted by Crippen LogP contribution is -2.19. The second kappa shape index (κ2) is 3.62. The number of hydrogen-bond donors (Lipinski definition) is 0. The van der Waals surface area contributed by atoms with E-state index in [1.807, 2.05) is 0 Å². The number of hydrogen-bond acceptors (Lipinski definition) is 3. The van der Waals surface area contributed by atoms with Crippen LogP contribution in [0, 0.1) is 0 Å². The SMILES string of the molecule is [B][C@H]1CC(OC)[C@@H](N=[N+]=[N-])O1. The lowest BCUT2D eigenvalue weighted by Gasteiger charge is -2.10. The van der Waals surface area contributed by atoms with Crippen LogP contribution < -0.4 is 0 Å². The first kappa shape index (κ1) is 8.39. The van der Waals surface area contributed by atoms with E-state index in [0.717, 1.165) is 0 Å². The lowest BCUT2D eigenvalue weighted by molar-refractivity contribution is 0.0143. The molecule has 1 unspecified atom stereocenters. The number of nitrogens with zero attached hydrogens (tertiary/aromatic N) is 3. The van der Waals surface area contributed by atoms with Gasteiger partial charge in [-0.25, -0.2) is 0 Å². The molecule has 1 heterocycles. The Morgan fingerprint density at radius 1 is 1.82 bits per heavy atom. The van der Waals surface area contributed by atoms with E-state index < -0.39 is 6.23 Å². The fraction of sp³-hybridized carbons (Fsp3) is 1.00. The highest BCUT2D eigenvalue weighted by Crippen LogP contribution is 2.21. The zero-order valence-corrected chi connectivity index (χ0v) is 6.17. The van der Waals surface area contributed by atoms with Crippen molar-refractivity contribution in [3.05, 3.63) is 10.4 Å². The van der Waals surface area contributed by atoms with E-state index in [2.05, 4.69) is 10.0 Å². The minimum Gasteiger partial charge on any atom is -0.379 e. The van der Waals surface area contributed by atoms with Gasteiger partial charge in [-0.05, 0) is 12.0 Å². The molecule has 0 amide bonds. The average Bonchev–Trinajstić information content (AvgIpc) is 2.32. The molecule has 1 saturated heterocycles. The summed E-state index contributed by atoms with van der Waals surface area (Å²) in [4.78, 5) is 2.61. The van der Waals surface area contributed by atoms with Gasteiger partial charge in [0.25, 0.3) is 0 Å². The van der Waals surface area contributed by atoms with Crippen LogP contribution in [0.15, 0.2) is 5.11 Å². The molecule has 0 aliphatic carbocycles. The van der Waals surface area contributed by atoms with Gasteiger partial charge in [0, 0.05) is 18.0 Å². The van der Waals surface area contributed by atoms with Crippen molar-refractivity contribution in [2.24, 2.45) is 5.11 Å². The second-order valence-electron chi connectivity index (χ2n) is 2.28. The molecular weight excluding hydrogens is 145 g/mol. The largest absolute Gasteiger partial charge is 0.379 e. The maximum Gasteiger partial charge on any atom is 0.161 e. The van der Waals surface area contributed by atoms with Crippen LogP contribution in [0.4, 0.5) is 0 Å². The smallest absolute Gasteiger partial charge is 0.161 e. The molecule has 1 fully saturated rings. The van der Waals surface area contributed by atoms with Crippen molar-refractivity contribution in [3.63, 3.8) is 0 Å². The molecule has 11 heavy (non-hydrogen) atoms. The molecule has 58 valence electrons. The van der Waals surface area contributed by atoms with Gasteiger partial charge in [0.2, 0.25) is 0 Å². The topological polar surface area (TPSA) is 67.2 Å². The van der Waals surface area contributed by atoms with E-state index in [1.54, 1.807) is 0 Å². The summed E-state index contributed by atoms with van der Waals surface area (Å²) < 4.78 is 10.0. The van der Waals surface area contributed by atoms with Gasteiger partial charge >= 0.3 is 0 Å². The summed E-state index contributed by atoms with van der Waals surface area (Å²) in [6.45, 7) is 0. The molecule has 0 spiro atoms. The molecule has 5 nitrogen and oxygen atoms in total. The van der Waals surface area contributed by atoms with Crippen molar-refractivity contribution >= 4 is 7.85 Å². The Labute approximate surface area is 65.7 Å². The molecule has 0 aromatic rings. The molecule has 1 aliphatic rings. The predicted molar refractivity (Wildman–Crippen MR) is 39.0 cm³/mol. The minimum atomic E-state index is -0.569. The molecule has 2 radical (unpaired) electrons. The van der Waals surface area contributed by atoms with Crippen LogP contribution >= 0.6 is 0 Å². The van der Waals surface area contributed by atoms with Crippen molar-refractivity contribution in [3.8, 4) is 0 Å². The van der Waals surface area contributed by atoms with Crippen molar-refractivity contribution in [2.75, 3.05) is 7.11 Å². The molecule has 6 heteroatoms. The van der Waals surface area contributed by atoms with E-state index in [-0.39, 0.29) is 12.1 Å². The van der Waals surface area contributed by atoms with Crippen molar-refractivity contribution in [1.82, 2.24) is 0 Å². The third-order valence-electron chi connectivity index (χ3n) is 1.57. The Balaban J connectivity index is 2.56. The zero-order valence-electron chi connectivity index (χ0n) is 6.17.